The Labute approximate surface area is 111 Å². The van der Waals surface area contributed by atoms with E-state index in [1.54, 1.807) is 11.3 Å². The zero-order chi connectivity index (χ0) is 13.1. The van der Waals surface area contributed by atoms with Crippen LogP contribution in [-0.4, -0.2) is 9.97 Å². The van der Waals surface area contributed by atoms with Gasteiger partial charge in [0.25, 0.3) is 0 Å². The molecular formula is C13H18N4S. The first-order valence-corrected chi connectivity index (χ1v) is 7.00. The molecule has 0 aliphatic heterocycles. The smallest absolute Gasteiger partial charge is 0.152 e. The van der Waals surface area contributed by atoms with Gasteiger partial charge in [-0.1, -0.05) is 13.8 Å². The van der Waals surface area contributed by atoms with Crippen LogP contribution >= 0.6 is 11.3 Å². The standard InChI is InChI=1S/C13H18N4S/c1-6-7(2)18-12-9(6)11(17-14)15-10(16-12)8-5-13(8,3)4/h8H,5,14H2,1-4H3,(H,15,16,17). The van der Waals surface area contributed by atoms with E-state index in [9.17, 15) is 0 Å². The number of nitrogens with one attached hydrogen (secondary N) is 1. The third-order valence-electron chi connectivity index (χ3n) is 4.01. The zero-order valence-electron chi connectivity index (χ0n) is 11.2. The molecule has 96 valence electrons. The summed E-state index contributed by atoms with van der Waals surface area (Å²) in [5.41, 5.74) is 4.29. The summed E-state index contributed by atoms with van der Waals surface area (Å²) in [4.78, 5) is 11.7. The molecule has 0 saturated heterocycles. The number of hydrazine groups is 1. The molecule has 1 aliphatic rings. The Morgan fingerprint density at radius 2 is 2.00 bits per heavy atom. The van der Waals surface area contributed by atoms with Crippen LogP contribution in [0.4, 0.5) is 5.82 Å². The van der Waals surface area contributed by atoms with Gasteiger partial charge in [0, 0.05) is 10.8 Å². The first-order chi connectivity index (χ1) is 8.44. The van der Waals surface area contributed by atoms with Crippen LogP contribution in [0.5, 0.6) is 0 Å². The number of aromatic nitrogens is 2. The molecule has 2 aromatic rings. The van der Waals surface area contributed by atoms with Gasteiger partial charge in [0.05, 0.1) is 5.39 Å². The van der Waals surface area contributed by atoms with Crippen LogP contribution in [0.2, 0.25) is 0 Å². The number of thiophene rings is 1. The molecule has 18 heavy (non-hydrogen) atoms. The summed E-state index contributed by atoms with van der Waals surface area (Å²) in [6, 6.07) is 0. The Morgan fingerprint density at radius 1 is 1.33 bits per heavy atom. The minimum atomic E-state index is 0.334. The average Bonchev–Trinajstić information content (AvgIpc) is 2.86. The summed E-state index contributed by atoms with van der Waals surface area (Å²) in [6.45, 7) is 8.72. The van der Waals surface area contributed by atoms with Crippen molar-refractivity contribution in [1.29, 1.82) is 0 Å². The first-order valence-electron chi connectivity index (χ1n) is 6.18. The van der Waals surface area contributed by atoms with E-state index in [2.05, 4.69) is 38.1 Å². The first kappa shape index (κ1) is 11.9. The highest BCUT2D eigenvalue weighted by molar-refractivity contribution is 7.18. The van der Waals surface area contributed by atoms with Gasteiger partial charge in [-0.3, -0.25) is 0 Å². The van der Waals surface area contributed by atoms with E-state index in [1.807, 2.05) is 0 Å². The van der Waals surface area contributed by atoms with Crippen molar-refractivity contribution in [3.63, 3.8) is 0 Å². The maximum atomic E-state index is 5.62. The zero-order valence-corrected chi connectivity index (χ0v) is 12.0. The number of fused-ring (bicyclic) bond motifs is 1. The number of nitrogen functional groups attached to an aromatic ring is 1. The molecule has 1 atom stereocenters. The molecule has 0 aromatic carbocycles. The van der Waals surface area contributed by atoms with Gasteiger partial charge in [-0.05, 0) is 31.2 Å². The highest BCUT2D eigenvalue weighted by Gasteiger charge is 2.48. The molecule has 1 fully saturated rings. The van der Waals surface area contributed by atoms with E-state index >= 15 is 0 Å². The van der Waals surface area contributed by atoms with Crippen molar-refractivity contribution in [1.82, 2.24) is 9.97 Å². The molecule has 2 aromatic heterocycles. The SMILES string of the molecule is Cc1sc2nc(C3CC3(C)C)nc(NN)c2c1C. The van der Waals surface area contributed by atoms with Crippen LogP contribution < -0.4 is 11.3 Å². The molecular weight excluding hydrogens is 244 g/mol. The van der Waals surface area contributed by atoms with Gasteiger partial charge in [0.15, 0.2) is 5.82 Å². The molecule has 3 rings (SSSR count). The van der Waals surface area contributed by atoms with Crippen LogP contribution in [0.1, 0.15) is 42.5 Å². The monoisotopic (exact) mass is 262 g/mol. The average molecular weight is 262 g/mol. The van der Waals surface area contributed by atoms with E-state index in [-0.39, 0.29) is 0 Å². The Hall–Kier alpha value is -1.20. The molecule has 0 bridgehead atoms. The lowest BCUT2D eigenvalue weighted by Crippen LogP contribution is -2.11. The van der Waals surface area contributed by atoms with E-state index in [4.69, 9.17) is 10.8 Å². The summed E-state index contributed by atoms with van der Waals surface area (Å²) >= 11 is 1.72. The lowest BCUT2D eigenvalue weighted by molar-refractivity contribution is 0.610. The molecule has 0 radical (unpaired) electrons. The molecule has 1 unspecified atom stereocenters. The maximum absolute atomic E-state index is 5.62. The van der Waals surface area contributed by atoms with E-state index in [1.165, 1.54) is 10.4 Å². The Morgan fingerprint density at radius 3 is 2.56 bits per heavy atom. The number of anilines is 1. The van der Waals surface area contributed by atoms with E-state index < -0.39 is 0 Å². The molecule has 1 saturated carbocycles. The minimum absolute atomic E-state index is 0.334. The summed E-state index contributed by atoms with van der Waals surface area (Å²) in [5, 5.41) is 1.07. The predicted octanol–water partition coefficient (Wildman–Crippen LogP) is 3.11. The molecule has 0 amide bonds. The topological polar surface area (TPSA) is 63.8 Å². The highest BCUT2D eigenvalue weighted by Crippen LogP contribution is 2.58. The number of hydrogen-bond acceptors (Lipinski definition) is 5. The van der Waals surface area contributed by atoms with E-state index in [0.29, 0.717) is 11.3 Å². The van der Waals surface area contributed by atoms with Crippen molar-refractivity contribution in [2.24, 2.45) is 11.3 Å². The third-order valence-corrected chi connectivity index (χ3v) is 5.11. The molecule has 4 nitrogen and oxygen atoms in total. The largest absolute Gasteiger partial charge is 0.308 e. The molecule has 3 N–H and O–H groups in total. The van der Waals surface area contributed by atoms with Gasteiger partial charge >= 0.3 is 0 Å². The normalized spacial score (nSPS) is 21.3. The van der Waals surface area contributed by atoms with Gasteiger partial charge in [-0.25, -0.2) is 15.8 Å². The van der Waals surface area contributed by atoms with E-state index in [0.717, 1.165) is 28.3 Å². The number of rotatable bonds is 2. The molecule has 0 spiro atoms. The lowest BCUT2D eigenvalue weighted by Gasteiger charge is -2.07. The highest BCUT2D eigenvalue weighted by atomic mass is 32.1. The summed E-state index contributed by atoms with van der Waals surface area (Å²) < 4.78 is 0. The Kier molecular flexibility index (Phi) is 2.40. The van der Waals surface area contributed by atoms with Crippen molar-refractivity contribution >= 4 is 27.4 Å². The molecule has 1 aliphatic carbocycles. The Balaban J connectivity index is 2.20. The van der Waals surface area contributed by atoms with Crippen LogP contribution in [0.15, 0.2) is 0 Å². The van der Waals surface area contributed by atoms with Gasteiger partial charge in [-0.2, -0.15) is 0 Å². The van der Waals surface area contributed by atoms with Gasteiger partial charge in [0.1, 0.15) is 10.7 Å². The quantitative estimate of drug-likeness (QED) is 0.645. The fourth-order valence-electron chi connectivity index (χ4n) is 2.43. The second-order valence-electron chi connectivity index (χ2n) is 5.78. The fraction of sp³-hybridized carbons (Fsp3) is 0.538. The van der Waals surface area contributed by atoms with Gasteiger partial charge in [-0.15, -0.1) is 11.3 Å². The van der Waals surface area contributed by atoms with Crippen LogP contribution in [-0.2, 0) is 0 Å². The molecule has 2 heterocycles. The third kappa shape index (κ3) is 1.61. The van der Waals surface area contributed by atoms with Crippen molar-refractivity contribution in [2.45, 2.75) is 40.0 Å². The van der Waals surface area contributed by atoms with Crippen LogP contribution in [0.25, 0.3) is 10.2 Å². The number of nitrogens with two attached hydrogens (primary N) is 1. The van der Waals surface area contributed by atoms with Crippen molar-refractivity contribution in [2.75, 3.05) is 5.43 Å². The van der Waals surface area contributed by atoms with Crippen molar-refractivity contribution < 1.29 is 0 Å². The second kappa shape index (κ2) is 3.65. The van der Waals surface area contributed by atoms with Crippen molar-refractivity contribution in [3.8, 4) is 0 Å². The van der Waals surface area contributed by atoms with Crippen LogP contribution in [0, 0.1) is 19.3 Å². The minimum Gasteiger partial charge on any atom is -0.308 e. The van der Waals surface area contributed by atoms with Gasteiger partial charge < -0.3 is 5.43 Å². The maximum Gasteiger partial charge on any atom is 0.152 e. The predicted molar refractivity (Wildman–Crippen MR) is 75.8 cm³/mol. The number of aryl methyl sites for hydroxylation is 2. The number of nitrogens with zero attached hydrogens (tertiary/aromatic N) is 2. The summed E-state index contributed by atoms with van der Waals surface area (Å²) in [6.07, 6.45) is 1.16. The number of hydrogen-bond donors (Lipinski definition) is 2. The summed E-state index contributed by atoms with van der Waals surface area (Å²) in [7, 11) is 0. The second-order valence-corrected chi connectivity index (χ2v) is 6.99. The molecule has 5 heteroatoms. The lowest BCUT2D eigenvalue weighted by atomic mass is 10.1. The fourth-order valence-corrected chi connectivity index (χ4v) is 3.47. The Bertz CT molecular complexity index is 629. The van der Waals surface area contributed by atoms with Gasteiger partial charge in [0.2, 0.25) is 0 Å². The van der Waals surface area contributed by atoms with Crippen molar-refractivity contribution in [3.05, 3.63) is 16.3 Å². The summed E-state index contributed by atoms with van der Waals surface area (Å²) in [5.74, 6) is 7.78. The van der Waals surface area contributed by atoms with Crippen LogP contribution in [0.3, 0.4) is 0 Å².